The van der Waals surface area contributed by atoms with Crippen LogP contribution in [0.4, 0.5) is 4.79 Å². The molecule has 0 bridgehead atoms. The van der Waals surface area contributed by atoms with Gasteiger partial charge in [-0.25, -0.2) is 4.79 Å². The number of alkyl carbamates (subject to hydrolysis) is 1. The van der Waals surface area contributed by atoms with E-state index in [4.69, 9.17) is 18.7 Å². The van der Waals surface area contributed by atoms with E-state index in [0.29, 0.717) is 34.8 Å². The molecule has 0 radical (unpaired) electrons. The van der Waals surface area contributed by atoms with Crippen molar-refractivity contribution < 1.29 is 28.3 Å². The average Bonchev–Trinajstić information content (AvgIpc) is 3.21. The van der Waals surface area contributed by atoms with Crippen molar-refractivity contribution in [1.82, 2.24) is 10.5 Å². The van der Waals surface area contributed by atoms with Crippen molar-refractivity contribution in [2.45, 2.75) is 44.6 Å². The van der Waals surface area contributed by atoms with Crippen molar-refractivity contribution in [2.24, 2.45) is 0 Å². The fourth-order valence-electron chi connectivity index (χ4n) is 4.58. The summed E-state index contributed by atoms with van der Waals surface area (Å²) in [6.07, 6.45) is 16.9. The Bertz CT molecular complexity index is 1440. The minimum absolute atomic E-state index is 0.104. The fraction of sp³-hybridized carbons (Fsp3) is 0.276. The molecule has 1 saturated heterocycles. The maximum Gasteiger partial charge on any atom is 0.415 e. The van der Waals surface area contributed by atoms with Crippen LogP contribution < -0.4 is 10.1 Å². The number of carbonyl (C=O) groups is 2. The average molecular weight is 501 g/mol. The maximum atomic E-state index is 12.4. The fourth-order valence-corrected chi connectivity index (χ4v) is 4.58. The molecule has 0 spiro atoms. The van der Waals surface area contributed by atoms with Gasteiger partial charge in [-0.15, -0.1) is 0 Å². The van der Waals surface area contributed by atoms with Crippen LogP contribution in [-0.2, 0) is 14.3 Å². The lowest BCUT2D eigenvalue weighted by Gasteiger charge is -2.21. The summed E-state index contributed by atoms with van der Waals surface area (Å²) >= 11 is 0. The molecule has 1 aromatic heterocycles. The number of hydrogen-bond acceptors (Lipinski definition) is 7. The number of imide groups is 1. The molecule has 2 amide bonds. The monoisotopic (exact) mass is 500 g/mol. The second-order valence-corrected chi connectivity index (χ2v) is 9.16. The van der Waals surface area contributed by atoms with Gasteiger partial charge in [-0.05, 0) is 43.2 Å². The van der Waals surface area contributed by atoms with Crippen LogP contribution in [0.15, 0.2) is 94.0 Å². The number of fused-ring (bicyclic) bond motifs is 1. The summed E-state index contributed by atoms with van der Waals surface area (Å²) in [5, 5.41) is 7.49. The highest BCUT2D eigenvalue weighted by Gasteiger charge is 2.47. The van der Waals surface area contributed by atoms with E-state index < -0.39 is 17.6 Å². The molecule has 2 aliphatic carbocycles. The summed E-state index contributed by atoms with van der Waals surface area (Å²) < 4.78 is 22.6. The number of nitrogens with zero attached hydrogens (tertiary/aromatic N) is 1. The lowest BCUT2D eigenvalue weighted by Crippen LogP contribution is -2.37. The lowest BCUT2D eigenvalue weighted by molar-refractivity contribution is -0.127. The Morgan fingerprint density at radius 2 is 2.08 bits per heavy atom. The van der Waals surface area contributed by atoms with Gasteiger partial charge in [0.2, 0.25) is 5.60 Å². The number of carbonyl (C=O) groups excluding carboxylic acids is 2. The third-order valence-corrected chi connectivity index (χ3v) is 6.59. The van der Waals surface area contributed by atoms with Crippen LogP contribution in [0.25, 0.3) is 11.0 Å². The summed E-state index contributed by atoms with van der Waals surface area (Å²) in [6.45, 7) is 3.69. The molecule has 2 heterocycles. The van der Waals surface area contributed by atoms with E-state index in [1.807, 2.05) is 42.5 Å². The molecule has 8 heteroatoms. The van der Waals surface area contributed by atoms with Crippen molar-refractivity contribution in [3.8, 4) is 5.75 Å². The van der Waals surface area contributed by atoms with E-state index in [9.17, 15) is 9.59 Å². The van der Waals surface area contributed by atoms with E-state index in [0.717, 1.165) is 29.5 Å². The smallest absolute Gasteiger partial charge is 0.415 e. The van der Waals surface area contributed by atoms with E-state index in [1.165, 1.54) is 0 Å². The number of hydrogen-bond donors (Lipinski definition) is 1. The largest absolute Gasteiger partial charge is 0.497 e. The number of cyclic esters (lactones) is 1. The van der Waals surface area contributed by atoms with Crippen LogP contribution in [0.5, 0.6) is 5.75 Å². The number of methoxy groups -OCH3 is 1. The Labute approximate surface area is 214 Å². The highest BCUT2D eigenvalue weighted by Crippen LogP contribution is 2.36. The van der Waals surface area contributed by atoms with Gasteiger partial charge in [0.05, 0.1) is 7.11 Å². The number of benzene rings is 1. The summed E-state index contributed by atoms with van der Waals surface area (Å²) in [5.41, 5.74) is 1.65. The van der Waals surface area contributed by atoms with Gasteiger partial charge in [-0.1, -0.05) is 55.0 Å². The molecule has 2 atom stereocenters. The molecule has 8 nitrogen and oxygen atoms in total. The second kappa shape index (κ2) is 9.97. The van der Waals surface area contributed by atoms with E-state index >= 15 is 0 Å². The van der Waals surface area contributed by atoms with Crippen molar-refractivity contribution >= 4 is 23.0 Å². The molecule has 1 N–H and O–H groups in total. The Morgan fingerprint density at radius 1 is 1.22 bits per heavy atom. The third-order valence-electron chi connectivity index (χ3n) is 6.59. The highest BCUT2D eigenvalue weighted by molar-refractivity contribution is 6.05. The maximum absolute atomic E-state index is 12.4. The summed E-state index contributed by atoms with van der Waals surface area (Å²) in [7, 11) is 1.62. The topological polar surface area (TPSA) is 99.9 Å². The van der Waals surface area contributed by atoms with E-state index in [2.05, 4.69) is 29.5 Å². The summed E-state index contributed by atoms with van der Waals surface area (Å²) in [5.74, 6) is 1.46. The summed E-state index contributed by atoms with van der Waals surface area (Å²) in [4.78, 5) is 24.1. The first-order chi connectivity index (χ1) is 17.9. The first-order valence-electron chi connectivity index (χ1n) is 12.2. The van der Waals surface area contributed by atoms with E-state index in [1.54, 1.807) is 26.2 Å². The number of rotatable bonds is 7. The zero-order valence-corrected chi connectivity index (χ0v) is 20.9. The molecular weight excluding hydrogens is 472 g/mol. The normalized spacial score (nSPS) is 23.4. The van der Waals surface area contributed by atoms with Crippen LogP contribution in [0.2, 0.25) is 0 Å². The number of aromatic nitrogens is 1. The van der Waals surface area contributed by atoms with Crippen LogP contribution in [0.3, 0.4) is 0 Å². The summed E-state index contributed by atoms with van der Waals surface area (Å²) in [6, 6.07) is 5.68. The number of ether oxygens (including phenoxy) is 3. The van der Waals surface area contributed by atoms with Crippen molar-refractivity contribution in [3.05, 3.63) is 95.2 Å². The Kier molecular flexibility index (Phi) is 6.56. The Balaban J connectivity index is 1.44. The van der Waals surface area contributed by atoms with Crippen LogP contribution >= 0.6 is 0 Å². The van der Waals surface area contributed by atoms with Crippen molar-refractivity contribution in [2.75, 3.05) is 7.11 Å². The second-order valence-electron chi connectivity index (χ2n) is 9.16. The van der Waals surface area contributed by atoms with Gasteiger partial charge in [0, 0.05) is 29.4 Å². The van der Waals surface area contributed by atoms with Gasteiger partial charge in [0.1, 0.15) is 23.0 Å². The van der Waals surface area contributed by atoms with Gasteiger partial charge in [0.25, 0.3) is 5.91 Å². The standard InChI is InChI=1S/C29H28N2O6/c1-4-8-18-15-19(26-23-14-13-21(34-3)17-25(23)37-31-26)9-7-12-24(18)35-22-11-6-5-10-20(16-22)29(2)27(32)30-28(33)36-29/h5-7,9-10,12-17,19H,4,8,11H2,1-3H3,(H,30,32,33)/t19?,29-/m1/s1. The third kappa shape index (κ3) is 4.74. The number of nitrogens with one attached hydrogen (secondary N) is 1. The molecule has 37 heavy (non-hydrogen) atoms. The molecule has 5 rings (SSSR count). The van der Waals surface area contributed by atoms with Gasteiger partial charge < -0.3 is 18.7 Å². The van der Waals surface area contributed by atoms with Crippen LogP contribution in [0.1, 0.15) is 44.7 Å². The molecule has 3 aliphatic rings. The Hall–Kier alpha value is -4.33. The molecule has 190 valence electrons. The SMILES string of the molecule is CCCC1=CC(c2noc3cc(OC)ccc23)C=CC=C1OC1=CC([C@@]2(C)OC(=O)NC2=O)=CC=CC1. The first kappa shape index (κ1) is 24.4. The zero-order chi connectivity index (χ0) is 26.0. The quantitative estimate of drug-likeness (QED) is 0.504. The van der Waals surface area contributed by atoms with Gasteiger partial charge >= 0.3 is 6.09 Å². The predicted molar refractivity (Wildman–Crippen MR) is 138 cm³/mol. The molecule has 1 fully saturated rings. The molecule has 1 unspecified atom stereocenters. The van der Waals surface area contributed by atoms with Gasteiger partial charge in [-0.2, -0.15) is 0 Å². The van der Waals surface area contributed by atoms with Crippen LogP contribution in [0, 0.1) is 0 Å². The zero-order valence-electron chi connectivity index (χ0n) is 20.9. The van der Waals surface area contributed by atoms with E-state index in [-0.39, 0.29) is 5.92 Å². The van der Waals surface area contributed by atoms with Gasteiger partial charge in [0.15, 0.2) is 5.58 Å². The highest BCUT2D eigenvalue weighted by atomic mass is 16.6. The molecular formula is C29H28N2O6. The minimum Gasteiger partial charge on any atom is -0.497 e. The molecule has 1 aliphatic heterocycles. The van der Waals surface area contributed by atoms with Crippen molar-refractivity contribution in [1.29, 1.82) is 0 Å². The minimum atomic E-state index is -1.41. The predicted octanol–water partition coefficient (Wildman–Crippen LogP) is 5.91. The van der Waals surface area contributed by atoms with Gasteiger partial charge in [-0.3, -0.25) is 10.1 Å². The number of allylic oxidation sites excluding steroid dienone is 8. The Morgan fingerprint density at radius 3 is 2.84 bits per heavy atom. The molecule has 0 saturated carbocycles. The first-order valence-corrected chi connectivity index (χ1v) is 12.2. The molecule has 1 aromatic carbocycles. The number of amides is 2. The van der Waals surface area contributed by atoms with Crippen molar-refractivity contribution in [3.63, 3.8) is 0 Å². The lowest BCUT2D eigenvalue weighted by atomic mass is 9.94. The molecule has 2 aromatic rings. The van der Waals surface area contributed by atoms with Crippen LogP contribution in [-0.4, -0.2) is 29.9 Å².